The Kier molecular flexibility index (Phi) is 2.63. The van der Waals surface area contributed by atoms with Crippen LogP contribution in [0.2, 0.25) is 0 Å². The number of carboxylic acids is 1. The molecule has 3 rings (SSSR count). The number of aliphatic carboxylic acids is 1. The average Bonchev–Trinajstić information content (AvgIpc) is 2.98. The van der Waals surface area contributed by atoms with E-state index in [0.29, 0.717) is 0 Å². The van der Waals surface area contributed by atoms with Gasteiger partial charge in [-0.3, -0.25) is 14.5 Å². The van der Waals surface area contributed by atoms with Gasteiger partial charge in [-0.05, 0) is 12.8 Å². The van der Waals surface area contributed by atoms with Gasteiger partial charge >= 0.3 is 5.97 Å². The number of amides is 2. The fourth-order valence-electron chi connectivity index (χ4n) is 3.31. The lowest BCUT2D eigenvalue weighted by Crippen LogP contribution is -2.47. The predicted molar refractivity (Wildman–Crippen MR) is 62.0 cm³/mol. The van der Waals surface area contributed by atoms with E-state index in [2.05, 4.69) is 12.6 Å². The van der Waals surface area contributed by atoms with E-state index in [4.69, 9.17) is 9.84 Å². The van der Waals surface area contributed by atoms with Crippen LogP contribution in [-0.4, -0.2) is 51.8 Å². The lowest BCUT2D eigenvalue weighted by Gasteiger charge is -2.22. The summed E-state index contributed by atoms with van der Waals surface area (Å²) in [7, 11) is 0. The van der Waals surface area contributed by atoms with Gasteiger partial charge in [0.1, 0.15) is 6.04 Å². The second kappa shape index (κ2) is 3.96. The molecule has 1 N–H and O–H groups in total. The van der Waals surface area contributed by atoms with Gasteiger partial charge in [0.2, 0.25) is 11.8 Å². The molecule has 3 aliphatic rings. The van der Waals surface area contributed by atoms with Crippen LogP contribution >= 0.6 is 12.6 Å². The second-order valence-electron chi connectivity index (χ2n) is 4.92. The number of fused-ring (bicyclic) bond motifs is 5. The van der Waals surface area contributed by atoms with Crippen molar-refractivity contribution in [2.24, 2.45) is 11.8 Å². The van der Waals surface area contributed by atoms with Crippen LogP contribution in [0.4, 0.5) is 0 Å². The van der Waals surface area contributed by atoms with E-state index in [9.17, 15) is 14.4 Å². The molecule has 98 valence electrons. The molecule has 3 aliphatic heterocycles. The summed E-state index contributed by atoms with van der Waals surface area (Å²) < 4.78 is 5.57. The van der Waals surface area contributed by atoms with Gasteiger partial charge in [-0.2, -0.15) is 12.6 Å². The summed E-state index contributed by atoms with van der Waals surface area (Å²) >= 11 is 3.92. The number of carboxylic acid groups (broad SMARTS) is 1. The van der Waals surface area contributed by atoms with Crippen LogP contribution in [0.5, 0.6) is 0 Å². The Hall–Kier alpha value is -1.08. The zero-order valence-corrected chi connectivity index (χ0v) is 10.4. The number of ether oxygens (including phenoxy) is 1. The minimum atomic E-state index is -1.19. The molecule has 0 aromatic heterocycles. The van der Waals surface area contributed by atoms with Crippen LogP contribution in [0.1, 0.15) is 12.8 Å². The smallest absolute Gasteiger partial charge is 0.327 e. The normalized spacial score (nSPS) is 39.3. The topological polar surface area (TPSA) is 83.9 Å². The summed E-state index contributed by atoms with van der Waals surface area (Å²) in [5.41, 5.74) is 0. The van der Waals surface area contributed by atoms with Gasteiger partial charge in [0, 0.05) is 5.75 Å². The van der Waals surface area contributed by atoms with E-state index in [1.54, 1.807) is 0 Å². The SMILES string of the molecule is O=C(O)C(CS)N1C(=O)C2C(C1=O)[C@H]1CC[C@@H]2O1. The summed E-state index contributed by atoms with van der Waals surface area (Å²) in [6, 6.07) is -1.17. The van der Waals surface area contributed by atoms with Gasteiger partial charge in [0.05, 0.1) is 24.0 Å². The first-order chi connectivity index (χ1) is 8.56. The molecule has 3 unspecified atom stereocenters. The van der Waals surface area contributed by atoms with Gasteiger partial charge in [0.25, 0.3) is 0 Å². The maximum absolute atomic E-state index is 12.2. The van der Waals surface area contributed by atoms with Crippen LogP contribution in [0, 0.1) is 11.8 Å². The third-order valence-corrected chi connectivity index (χ3v) is 4.43. The molecule has 3 saturated heterocycles. The molecule has 5 atom stereocenters. The number of thiol groups is 1. The summed E-state index contributed by atoms with van der Waals surface area (Å²) in [6.07, 6.45) is 1.13. The van der Waals surface area contributed by atoms with E-state index >= 15 is 0 Å². The summed E-state index contributed by atoms with van der Waals surface area (Å²) in [5, 5.41) is 9.05. The number of carbonyl (C=O) groups is 3. The minimum Gasteiger partial charge on any atom is -0.480 e. The summed E-state index contributed by atoms with van der Waals surface area (Å²) in [5.74, 6) is -3.02. The van der Waals surface area contributed by atoms with E-state index in [1.165, 1.54) is 0 Å². The largest absolute Gasteiger partial charge is 0.480 e. The number of likely N-dealkylation sites (tertiary alicyclic amines) is 1. The minimum absolute atomic E-state index is 0.0670. The highest BCUT2D eigenvalue weighted by atomic mass is 32.1. The summed E-state index contributed by atoms with van der Waals surface area (Å²) in [6.45, 7) is 0. The molecular weight excluding hydrogens is 258 g/mol. The van der Waals surface area contributed by atoms with Gasteiger partial charge in [-0.25, -0.2) is 4.79 Å². The van der Waals surface area contributed by atoms with Crippen molar-refractivity contribution < 1.29 is 24.2 Å². The van der Waals surface area contributed by atoms with E-state index in [-0.39, 0.29) is 18.0 Å². The van der Waals surface area contributed by atoms with Crippen molar-refractivity contribution in [3.8, 4) is 0 Å². The Balaban J connectivity index is 1.93. The molecule has 7 heteroatoms. The van der Waals surface area contributed by atoms with E-state index in [1.807, 2.05) is 0 Å². The number of hydrogen-bond donors (Lipinski definition) is 2. The first kappa shape index (κ1) is 12.0. The fourth-order valence-corrected chi connectivity index (χ4v) is 3.63. The molecule has 0 aromatic carbocycles. The molecule has 0 saturated carbocycles. The molecule has 0 spiro atoms. The number of hydrogen-bond acceptors (Lipinski definition) is 5. The fraction of sp³-hybridized carbons (Fsp3) is 0.727. The standard InChI is InChI=1S/C11H13NO5S/c13-9-7-5-1-2-6(17-5)8(7)10(14)12(9)4(3-18)11(15)16/h4-8,18H,1-3H2,(H,15,16)/t4?,5-,6+,7?,8?. The third kappa shape index (κ3) is 1.37. The lowest BCUT2D eigenvalue weighted by molar-refractivity contribution is -0.155. The van der Waals surface area contributed by atoms with Crippen molar-refractivity contribution in [3.05, 3.63) is 0 Å². The molecular formula is C11H13NO5S. The van der Waals surface area contributed by atoms with Crippen LogP contribution < -0.4 is 0 Å². The van der Waals surface area contributed by atoms with Gasteiger partial charge < -0.3 is 9.84 Å². The Morgan fingerprint density at radius 3 is 2.22 bits per heavy atom. The second-order valence-corrected chi connectivity index (χ2v) is 5.29. The Bertz CT molecular complexity index is 411. The number of carbonyl (C=O) groups excluding carboxylic acids is 2. The molecule has 18 heavy (non-hydrogen) atoms. The maximum Gasteiger partial charge on any atom is 0.327 e. The highest BCUT2D eigenvalue weighted by Crippen LogP contribution is 2.48. The highest BCUT2D eigenvalue weighted by Gasteiger charge is 2.63. The summed E-state index contributed by atoms with van der Waals surface area (Å²) in [4.78, 5) is 36.4. The average molecular weight is 271 g/mol. The van der Waals surface area contributed by atoms with Crippen LogP contribution in [0.25, 0.3) is 0 Å². The molecule has 2 bridgehead atoms. The van der Waals surface area contributed by atoms with Crippen molar-refractivity contribution in [1.82, 2.24) is 4.90 Å². The lowest BCUT2D eigenvalue weighted by atomic mass is 9.81. The Labute approximate surface area is 109 Å². The van der Waals surface area contributed by atoms with Crippen molar-refractivity contribution >= 4 is 30.4 Å². The molecule has 0 aliphatic carbocycles. The van der Waals surface area contributed by atoms with E-state index < -0.39 is 35.7 Å². The zero-order valence-electron chi connectivity index (χ0n) is 9.48. The van der Waals surface area contributed by atoms with Crippen molar-refractivity contribution in [1.29, 1.82) is 0 Å². The van der Waals surface area contributed by atoms with Gasteiger partial charge in [-0.15, -0.1) is 0 Å². The van der Waals surface area contributed by atoms with Gasteiger partial charge in [0.15, 0.2) is 0 Å². The molecule has 3 fully saturated rings. The predicted octanol–water partition coefficient (Wildman–Crippen LogP) is -0.468. The molecule has 0 radical (unpaired) electrons. The first-order valence-electron chi connectivity index (χ1n) is 5.92. The van der Waals surface area contributed by atoms with Crippen LogP contribution in [0.3, 0.4) is 0 Å². The monoisotopic (exact) mass is 271 g/mol. The Morgan fingerprint density at radius 1 is 1.33 bits per heavy atom. The van der Waals surface area contributed by atoms with Crippen molar-refractivity contribution in [3.63, 3.8) is 0 Å². The van der Waals surface area contributed by atoms with Crippen molar-refractivity contribution in [2.45, 2.75) is 31.1 Å². The van der Waals surface area contributed by atoms with Crippen LogP contribution in [0.15, 0.2) is 0 Å². The maximum atomic E-state index is 12.2. The molecule has 2 amide bonds. The number of nitrogens with zero attached hydrogens (tertiary/aromatic N) is 1. The zero-order chi connectivity index (χ0) is 13.0. The van der Waals surface area contributed by atoms with E-state index in [0.717, 1.165) is 17.7 Å². The van der Waals surface area contributed by atoms with Crippen LogP contribution in [-0.2, 0) is 19.1 Å². The number of rotatable bonds is 3. The quantitative estimate of drug-likeness (QED) is 0.535. The van der Waals surface area contributed by atoms with Crippen molar-refractivity contribution in [2.75, 3.05) is 5.75 Å². The first-order valence-corrected chi connectivity index (χ1v) is 6.55. The molecule has 3 heterocycles. The molecule has 6 nitrogen and oxygen atoms in total. The van der Waals surface area contributed by atoms with Gasteiger partial charge in [-0.1, -0.05) is 0 Å². The molecule has 0 aromatic rings. The number of imide groups is 1. The Morgan fingerprint density at radius 2 is 1.83 bits per heavy atom. The highest BCUT2D eigenvalue weighted by molar-refractivity contribution is 7.80. The third-order valence-electron chi connectivity index (χ3n) is 4.09.